The highest BCUT2D eigenvalue weighted by atomic mass is 16.5. The number of nitrogens with one attached hydrogen (secondary N) is 1. The van der Waals surface area contributed by atoms with Crippen LogP contribution in [0.4, 0.5) is 0 Å². The van der Waals surface area contributed by atoms with Crippen LogP contribution in [-0.4, -0.2) is 43.0 Å². The molecule has 0 unspecified atom stereocenters. The third-order valence-electron chi connectivity index (χ3n) is 4.58. The molecule has 0 saturated heterocycles. The predicted octanol–water partition coefficient (Wildman–Crippen LogP) is 2.89. The van der Waals surface area contributed by atoms with Crippen molar-refractivity contribution < 1.29 is 14.3 Å². The summed E-state index contributed by atoms with van der Waals surface area (Å²) in [4.78, 5) is 26.5. The molecule has 2 amide bonds. The maximum absolute atomic E-state index is 12.8. The molecule has 0 heterocycles. The number of rotatable bonds is 8. The molecule has 144 valence electrons. The van der Waals surface area contributed by atoms with E-state index in [1.54, 1.807) is 18.9 Å². The summed E-state index contributed by atoms with van der Waals surface area (Å²) in [6.45, 7) is 6.05. The van der Waals surface area contributed by atoms with Crippen molar-refractivity contribution in [1.82, 2.24) is 10.2 Å². The smallest absolute Gasteiger partial charge is 0.261 e. The van der Waals surface area contributed by atoms with Crippen molar-refractivity contribution in [2.45, 2.75) is 33.2 Å². The van der Waals surface area contributed by atoms with Crippen LogP contribution in [0.2, 0.25) is 0 Å². The maximum atomic E-state index is 12.8. The zero-order valence-corrected chi connectivity index (χ0v) is 16.5. The predicted molar refractivity (Wildman–Crippen MR) is 107 cm³/mol. The van der Waals surface area contributed by atoms with Gasteiger partial charge in [-0.25, -0.2) is 0 Å². The zero-order valence-electron chi connectivity index (χ0n) is 16.5. The Morgan fingerprint density at radius 2 is 1.81 bits per heavy atom. The van der Waals surface area contributed by atoms with E-state index >= 15 is 0 Å². The molecular formula is C22H28N2O3. The molecule has 0 spiro atoms. The van der Waals surface area contributed by atoms with Crippen LogP contribution >= 0.6 is 0 Å². The quantitative estimate of drug-likeness (QED) is 0.779. The summed E-state index contributed by atoms with van der Waals surface area (Å²) in [6.07, 6.45) is 0.678. The summed E-state index contributed by atoms with van der Waals surface area (Å²) in [7, 11) is 1.57. The van der Waals surface area contributed by atoms with Crippen molar-refractivity contribution in [3.8, 4) is 5.75 Å². The van der Waals surface area contributed by atoms with Crippen molar-refractivity contribution >= 4 is 11.8 Å². The van der Waals surface area contributed by atoms with E-state index in [0.717, 1.165) is 16.7 Å². The number of benzene rings is 2. The topological polar surface area (TPSA) is 58.6 Å². The fourth-order valence-corrected chi connectivity index (χ4v) is 2.96. The molecule has 2 aromatic rings. The van der Waals surface area contributed by atoms with E-state index in [4.69, 9.17) is 4.74 Å². The number of hydrogen-bond donors (Lipinski definition) is 1. The zero-order chi connectivity index (χ0) is 19.8. The van der Waals surface area contributed by atoms with Crippen LogP contribution in [0.15, 0.2) is 48.5 Å². The van der Waals surface area contributed by atoms with E-state index in [0.29, 0.717) is 18.7 Å². The molecule has 0 bridgehead atoms. The van der Waals surface area contributed by atoms with E-state index in [1.807, 2.05) is 62.4 Å². The highest BCUT2D eigenvalue weighted by Gasteiger charge is 2.25. The van der Waals surface area contributed by atoms with Gasteiger partial charge < -0.3 is 15.0 Å². The lowest BCUT2D eigenvalue weighted by molar-refractivity contribution is -0.141. The van der Waals surface area contributed by atoms with E-state index < -0.39 is 6.04 Å². The average molecular weight is 368 g/mol. The Balaban J connectivity index is 2.06. The van der Waals surface area contributed by atoms with Crippen LogP contribution in [-0.2, 0) is 16.0 Å². The van der Waals surface area contributed by atoms with Crippen molar-refractivity contribution in [2.75, 3.05) is 20.2 Å². The lowest BCUT2D eigenvalue weighted by atomic mass is 10.1. The molecule has 5 heteroatoms. The SMILES string of the molecule is CNC(=O)[C@@H](C)N(CCc1ccccc1)C(=O)COc1ccc(C)cc1C. The summed E-state index contributed by atoms with van der Waals surface area (Å²) in [5.74, 6) is 0.287. The Kier molecular flexibility index (Phi) is 7.41. The number of amides is 2. The molecule has 0 aliphatic rings. The van der Waals surface area contributed by atoms with Crippen molar-refractivity contribution in [1.29, 1.82) is 0 Å². The number of ether oxygens (including phenoxy) is 1. The van der Waals surface area contributed by atoms with Crippen LogP contribution in [0, 0.1) is 13.8 Å². The Labute approximate surface area is 161 Å². The summed E-state index contributed by atoms with van der Waals surface area (Å²) in [5.41, 5.74) is 3.25. The lowest BCUT2D eigenvalue weighted by Crippen LogP contribution is -2.49. The van der Waals surface area contributed by atoms with Crippen LogP contribution < -0.4 is 10.1 Å². The van der Waals surface area contributed by atoms with Crippen molar-refractivity contribution in [2.24, 2.45) is 0 Å². The largest absolute Gasteiger partial charge is 0.483 e. The van der Waals surface area contributed by atoms with E-state index in [2.05, 4.69) is 5.32 Å². The van der Waals surface area contributed by atoms with Crippen LogP contribution in [0.25, 0.3) is 0 Å². The first-order chi connectivity index (χ1) is 12.9. The molecule has 0 aromatic heterocycles. The highest BCUT2D eigenvalue weighted by molar-refractivity contribution is 5.87. The first-order valence-corrected chi connectivity index (χ1v) is 9.17. The molecule has 0 aliphatic heterocycles. The number of carbonyl (C=O) groups is 2. The maximum Gasteiger partial charge on any atom is 0.261 e. The van der Waals surface area contributed by atoms with Gasteiger partial charge in [-0.3, -0.25) is 9.59 Å². The van der Waals surface area contributed by atoms with Gasteiger partial charge >= 0.3 is 0 Å². The number of nitrogens with zero attached hydrogens (tertiary/aromatic N) is 1. The molecular weight excluding hydrogens is 340 g/mol. The summed E-state index contributed by atoms with van der Waals surface area (Å²) < 4.78 is 5.73. The summed E-state index contributed by atoms with van der Waals surface area (Å²) in [5, 5.41) is 2.61. The van der Waals surface area contributed by atoms with Gasteiger partial charge in [0.25, 0.3) is 5.91 Å². The van der Waals surface area contributed by atoms with Crippen LogP contribution in [0.1, 0.15) is 23.6 Å². The van der Waals surface area contributed by atoms with E-state index in [9.17, 15) is 9.59 Å². The lowest BCUT2D eigenvalue weighted by Gasteiger charge is -2.28. The molecule has 27 heavy (non-hydrogen) atoms. The standard InChI is InChI=1S/C22H28N2O3/c1-16-10-11-20(17(2)14-16)27-15-21(25)24(18(3)22(26)23-4)13-12-19-8-6-5-7-9-19/h5-11,14,18H,12-13,15H2,1-4H3,(H,23,26)/t18-/m1/s1. The number of aryl methyl sites for hydroxylation is 2. The van der Waals surface area contributed by atoms with Crippen molar-refractivity contribution in [3.05, 3.63) is 65.2 Å². The van der Waals surface area contributed by atoms with E-state index in [-0.39, 0.29) is 18.4 Å². The monoisotopic (exact) mass is 368 g/mol. The average Bonchev–Trinajstić information content (AvgIpc) is 2.67. The third kappa shape index (κ3) is 5.84. The van der Waals surface area contributed by atoms with Crippen molar-refractivity contribution in [3.63, 3.8) is 0 Å². The Morgan fingerprint density at radius 3 is 2.44 bits per heavy atom. The van der Waals surface area contributed by atoms with Gasteiger partial charge in [0.2, 0.25) is 5.91 Å². The first kappa shape index (κ1) is 20.5. The Morgan fingerprint density at radius 1 is 1.11 bits per heavy atom. The van der Waals surface area contributed by atoms with Gasteiger partial charge in [-0.1, -0.05) is 48.0 Å². The normalized spacial score (nSPS) is 11.6. The van der Waals surface area contributed by atoms with Gasteiger partial charge in [0.15, 0.2) is 6.61 Å². The fourth-order valence-electron chi connectivity index (χ4n) is 2.96. The Hall–Kier alpha value is -2.82. The fraction of sp³-hybridized carbons (Fsp3) is 0.364. The Bertz CT molecular complexity index is 774. The number of carbonyl (C=O) groups excluding carboxylic acids is 2. The highest BCUT2D eigenvalue weighted by Crippen LogP contribution is 2.19. The van der Waals surface area contributed by atoms with E-state index in [1.165, 1.54) is 0 Å². The molecule has 0 radical (unpaired) electrons. The minimum absolute atomic E-state index is 0.0972. The second-order valence-electron chi connectivity index (χ2n) is 6.67. The first-order valence-electron chi connectivity index (χ1n) is 9.17. The second kappa shape index (κ2) is 9.76. The van der Waals surface area contributed by atoms with Gasteiger partial charge in [0, 0.05) is 13.6 Å². The molecule has 2 rings (SSSR count). The minimum atomic E-state index is -0.561. The number of likely N-dealkylation sites (N-methyl/N-ethyl adjacent to an activating group) is 1. The molecule has 1 N–H and O–H groups in total. The number of hydrogen-bond acceptors (Lipinski definition) is 3. The van der Waals surface area contributed by atoms with Gasteiger partial charge in [-0.15, -0.1) is 0 Å². The minimum Gasteiger partial charge on any atom is -0.483 e. The molecule has 1 atom stereocenters. The summed E-state index contributed by atoms with van der Waals surface area (Å²) in [6, 6.07) is 15.2. The second-order valence-corrected chi connectivity index (χ2v) is 6.67. The molecule has 0 saturated carbocycles. The van der Waals surface area contributed by atoms with Crippen LogP contribution in [0.5, 0.6) is 5.75 Å². The van der Waals surface area contributed by atoms with Gasteiger partial charge in [-0.05, 0) is 44.4 Å². The molecule has 0 fully saturated rings. The third-order valence-corrected chi connectivity index (χ3v) is 4.58. The van der Waals surface area contributed by atoms with Gasteiger partial charge in [0.1, 0.15) is 11.8 Å². The van der Waals surface area contributed by atoms with Gasteiger partial charge in [-0.2, -0.15) is 0 Å². The molecule has 5 nitrogen and oxygen atoms in total. The van der Waals surface area contributed by atoms with Gasteiger partial charge in [0.05, 0.1) is 0 Å². The van der Waals surface area contributed by atoms with Crippen LogP contribution in [0.3, 0.4) is 0 Å². The molecule has 2 aromatic carbocycles. The summed E-state index contributed by atoms with van der Waals surface area (Å²) >= 11 is 0. The molecule has 0 aliphatic carbocycles.